The number of piperidine rings is 1. The van der Waals surface area contributed by atoms with Crippen molar-refractivity contribution in [2.75, 3.05) is 66.2 Å². The molecule has 0 aromatic heterocycles. The number of aliphatic hydroxyl groups is 1. The van der Waals surface area contributed by atoms with Crippen molar-refractivity contribution in [3.05, 3.63) is 89.0 Å². The lowest BCUT2D eigenvalue weighted by atomic mass is 9.48. The summed E-state index contributed by atoms with van der Waals surface area (Å²) in [4.78, 5) is 4.88. The van der Waals surface area contributed by atoms with Crippen LogP contribution in [-0.4, -0.2) is 110 Å². The minimum atomic E-state index is -0.851. The number of likely N-dealkylation sites (tertiary alicyclic amines) is 1. The Kier molecular flexibility index (Phi) is 10.5. The molecular weight excluding hydrogens is 654 g/mol. The molecule has 2 saturated carbocycles. The summed E-state index contributed by atoms with van der Waals surface area (Å²) in [7, 11) is 2.13. The van der Waals surface area contributed by atoms with Gasteiger partial charge in [0.1, 0.15) is 18.0 Å². The third kappa shape index (κ3) is 6.96. The largest absolute Gasteiger partial charge is 0.504 e. The van der Waals surface area contributed by atoms with E-state index in [0.29, 0.717) is 38.7 Å². The molecule has 9 nitrogen and oxygen atoms in total. The van der Waals surface area contributed by atoms with E-state index >= 15 is 0 Å². The van der Waals surface area contributed by atoms with Gasteiger partial charge in [0.2, 0.25) is 0 Å². The zero-order valence-electron chi connectivity index (χ0n) is 31.0. The van der Waals surface area contributed by atoms with Crippen LogP contribution in [0, 0.1) is 12.8 Å². The van der Waals surface area contributed by atoms with Crippen molar-refractivity contribution >= 4 is 0 Å². The summed E-state index contributed by atoms with van der Waals surface area (Å²) in [6.45, 7) is 8.90. The van der Waals surface area contributed by atoms with Crippen molar-refractivity contribution in [2.24, 2.45) is 5.92 Å². The van der Waals surface area contributed by atoms with Gasteiger partial charge in [-0.25, -0.2) is 0 Å². The van der Waals surface area contributed by atoms with Crippen LogP contribution in [0.2, 0.25) is 0 Å². The number of hydrogen-bond acceptors (Lipinski definition) is 9. The van der Waals surface area contributed by atoms with Gasteiger partial charge >= 0.3 is 0 Å². The highest BCUT2D eigenvalue weighted by molar-refractivity contribution is 5.62. The summed E-state index contributed by atoms with van der Waals surface area (Å²) in [5, 5.41) is 27.3. The van der Waals surface area contributed by atoms with Gasteiger partial charge in [-0.15, -0.1) is 0 Å². The van der Waals surface area contributed by atoms with E-state index in [1.165, 1.54) is 29.5 Å². The molecule has 280 valence electrons. The minimum Gasteiger partial charge on any atom is -0.504 e. The summed E-state index contributed by atoms with van der Waals surface area (Å²) in [5.41, 5.74) is 3.39. The fourth-order valence-corrected chi connectivity index (χ4v) is 9.74. The van der Waals surface area contributed by atoms with E-state index in [2.05, 4.69) is 71.6 Å². The van der Waals surface area contributed by atoms with E-state index in [9.17, 15) is 10.2 Å². The number of aryl methyl sites for hydroxylation is 1. The summed E-state index contributed by atoms with van der Waals surface area (Å²) in [5.74, 6) is 2.48. The van der Waals surface area contributed by atoms with Crippen molar-refractivity contribution in [1.29, 1.82) is 0 Å². The van der Waals surface area contributed by atoms with Gasteiger partial charge in [0, 0.05) is 50.2 Å². The monoisotopic (exact) mass is 711 g/mol. The van der Waals surface area contributed by atoms with Crippen molar-refractivity contribution < 1.29 is 29.2 Å². The maximum absolute atomic E-state index is 12.7. The van der Waals surface area contributed by atoms with Gasteiger partial charge in [0.05, 0.1) is 37.4 Å². The van der Waals surface area contributed by atoms with Gasteiger partial charge in [-0.05, 0) is 94.3 Å². The summed E-state index contributed by atoms with van der Waals surface area (Å²) in [6.07, 6.45) is 6.53. The molecule has 9 heteroatoms. The maximum Gasteiger partial charge on any atom is 0.165 e. The molecule has 3 aromatic carbocycles. The van der Waals surface area contributed by atoms with Crippen LogP contribution in [0.1, 0.15) is 66.9 Å². The van der Waals surface area contributed by atoms with E-state index in [1.54, 1.807) is 6.07 Å². The summed E-state index contributed by atoms with van der Waals surface area (Å²) >= 11 is 0. The molecule has 2 heterocycles. The van der Waals surface area contributed by atoms with Gasteiger partial charge < -0.3 is 39.4 Å². The molecule has 1 spiro atoms. The molecule has 6 atom stereocenters. The Morgan fingerprint density at radius 1 is 0.942 bits per heavy atom. The fraction of sp³-hybridized carbons (Fsp3) is 0.581. The number of nitrogens with zero attached hydrogens (tertiary/aromatic N) is 2. The first kappa shape index (κ1) is 35.8. The molecule has 3 aliphatic carbocycles. The zero-order valence-corrected chi connectivity index (χ0v) is 31.0. The standard InChI is InChI=1S/C43H57N3O6/c1-30-8-13-34(14-9-30)51-37(32-6-4-3-5-7-32)17-21-45(2)23-25-50-27-26-49-24-20-44-35-16-18-43(48)38-28-33-12-15-36(47)40-39(33)42(43,41(35)52-40)19-22-46(38)29-31-10-11-31/h3-9,12-15,31,35,37-38,41,44,47-48H,10-11,16-29H2,1-2H3/t35?,37?,38-,41+,42+,43-/m1/s1. The topological polar surface area (TPSA) is 95.9 Å². The number of aromatic hydroxyl groups is 1. The van der Waals surface area contributed by atoms with Crippen LogP contribution in [0.3, 0.4) is 0 Å². The third-order valence-electron chi connectivity index (χ3n) is 12.6. The molecule has 5 aliphatic rings. The van der Waals surface area contributed by atoms with Crippen molar-refractivity contribution in [3.8, 4) is 17.2 Å². The molecular formula is C43H57N3O6. The highest BCUT2D eigenvalue weighted by atomic mass is 16.5. The lowest BCUT2D eigenvalue weighted by molar-refractivity contribution is -0.191. The predicted octanol–water partition coefficient (Wildman–Crippen LogP) is 5.40. The highest BCUT2D eigenvalue weighted by Crippen LogP contribution is 2.65. The molecule has 52 heavy (non-hydrogen) atoms. The maximum atomic E-state index is 12.7. The summed E-state index contributed by atoms with van der Waals surface area (Å²) in [6, 6.07) is 22.8. The van der Waals surface area contributed by atoms with Crippen LogP contribution in [0.4, 0.5) is 0 Å². The van der Waals surface area contributed by atoms with Gasteiger partial charge in [-0.1, -0.05) is 54.1 Å². The predicted molar refractivity (Wildman–Crippen MR) is 201 cm³/mol. The smallest absolute Gasteiger partial charge is 0.165 e. The minimum absolute atomic E-state index is 0.0153. The van der Waals surface area contributed by atoms with Gasteiger partial charge in [-0.3, -0.25) is 4.90 Å². The number of nitrogens with one attached hydrogen (secondary N) is 1. The van der Waals surface area contributed by atoms with Crippen LogP contribution in [0.5, 0.6) is 17.2 Å². The van der Waals surface area contributed by atoms with Crippen molar-refractivity contribution in [2.45, 2.75) is 87.2 Å². The van der Waals surface area contributed by atoms with Gasteiger partial charge in [-0.2, -0.15) is 0 Å². The second-order valence-corrected chi connectivity index (χ2v) is 16.0. The number of likely N-dealkylation sites (N-methyl/N-ethyl adjacent to an activating group) is 1. The van der Waals surface area contributed by atoms with Crippen LogP contribution in [0.15, 0.2) is 66.7 Å². The highest BCUT2D eigenvalue weighted by Gasteiger charge is 2.72. The van der Waals surface area contributed by atoms with Crippen molar-refractivity contribution in [3.63, 3.8) is 0 Å². The Morgan fingerprint density at radius 2 is 1.73 bits per heavy atom. The molecule has 2 unspecified atom stereocenters. The van der Waals surface area contributed by atoms with Crippen LogP contribution in [-0.2, 0) is 21.3 Å². The van der Waals surface area contributed by atoms with E-state index < -0.39 is 11.0 Å². The van der Waals surface area contributed by atoms with Crippen LogP contribution in [0.25, 0.3) is 0 Å². The Morgan fingerprint density at radius 3 is 2.52 bits per heavy atom. The van der Waals surface area contributed by atoms with E-state index in [0.717, 1.165) is 75.5 Å². The molecule has 8 rings (SSSR count). The van der Waals surface area contributed by atoms with E-state index in [-0.39, 0.29) is 30.0 Å². The molecule has 3 N–H and O–H groups in total. The van der Waals surface area contributed by atoms with E-state index in [1.807, 2.05) is 18.2 Å². The molecule has 3 fully saturated rings. The van der Waals surface area contributed by atoms with Crippen LogP contribution >= 0.6 is 0 Å². The Bertz CT molecular complexity index is 1650. The first-order chi connectivity index (χ1) is 25.4. The molecule has 2 aliphatic heterocycles. The third-order valence-corrected chi connectivity index (χ3v) is 12.6. The second-order valence-electron chi connectivity index (χ2n) is 16.0. The normalized spacial score (nSPS) is 28.0. The van der Waals surface area contributed by atoms with Crippen LogP contribution < -0.4 is 14.8 Å². The Labute approximate surface area is 309 Å². The van der Waals surface area contributed by atoms with Gasteiger partial charge in [0.25, 0.3) is 0 Å². The number of hydrogen-bond donors (Lipinski definition) is 3. The first-order valence-electron chi connectivity index (χ1n) is 19.7. The quantitative estimate of drug-likeness (QED) is 0.150. The lowest BCUT2D eigenvalue weighted by Crippen LogP contribution is -2.78. The van der Waals surface area contributed by atoms with E-state index in [4.69, 9.17) is 18.9 Å². The average Bonchev–Trinajstić information content (AvgIpc) is 3.90. The number of phenols is 1. The lowest BCUT2D eigenvalue weighted by Gasteiger charge is -2.64. The number of ether oxygens (including phenoxy) is 4. The first-order valence-corrected chi connectivity index (χ1v) is 19.7. The SMILES string of the molecule is Cc1ccc(OC(CCN(C)CCOCCOCCNC2CC[C@@]3(O)[C@H]4Cc5ccc(O)c6c5[C@@]3(CCN4CC3CC3)[C@H]2O6)c2ccccc2)cc1. The molecule has 2 bridgehead atoms. The average molecular weight is 712 g/mol. The molecule has 3 aromatic rings. The Hall–Kier alpha value is -3.18. The number of phenolic OH excluding ortho intramolecular Hbond substituents is 1. The Balaban J connectivity index is 0.765. The molecule has 0 amide bonds. The van der Waals surface area contributed by atoms with Gasteiger partial charge in [0.15, 0.2) is 11.5 Å². The van der Waals surface area contributed by atoms with Crippen molar-refractivity contribution in [1.82, 2.24) is 15.1 Å². The second kappa shape index (κ2) is 15.3. The fourth-order valence-electron chi connectivity index (χ4n) is 9.74. The zero-order chi connectivity index (χ0) is 35.7. The molecule has 1 saturated heterocycles. The number of rotatable bonds is 18. The summed E-state index contributed by atoms with van der Waals surface area (Å²) < 4.78 is 25.0. The molecule has 0 radical (unpaired) electrons. The number of benzene rings is 3.